The molecule has 0 aliphatic carbocycles. The maximum absolute atomic E-state index is 11.9. The lowest BCUT2D eigenvalue weighted by Gasteiger charge is -2.00. The Balaban J connectivity index is 2.00. The Labute approximate surface area is 113 Å². The molecule has 0 saturated carbocycles. The van der Waals surface area contributed by atoms with E-state index < -0.39 is 0 Å². The maximum atomic E-state index is 11.9. The van der Waals surface area contributed by atoms with Crippen molar-refractivity contribution in [2.45, 2.75) is 6.42 Å². The van der Waals surface area contributed by atoms with Crippen molar-refractivity contribution >= 4 is 28.3 Å². The molecule has 6 nitrogen and oxygen atoms in total. The van der Waals surface area contributed by atoms with Gasteiger partial charge in [-0.05, 0) is 12.1 Å². The fourth-order valence-corrected chi connectivity index (χ4v) is 2.13. The van der Waals surface area contributed by atoms with Crippen molar-refractivity contribution in [1.82, 2.24) is 10.4 Å². The Kier molecular flexibility index (Phi) is 4.22. The van der Waals surface area contributed by atoms with Gasteiger partial charge in [0, 0.05) is 10.9 Å². The number of nitrogens with zero attached hydrogens (tertiary/aromatic N) is 1. The molecule has 1 heterocycles. The van der Waals surface area contributed by atoms with Gasteiger partial charge in [0.2, 0.25) is 5.91 Å². The van der Waals surface area contributed by atoms with Crippen molar-refractivity contribution in [3.05, 3.63) is 47.0 Å². The van der Waals surface area contributed by atoms with E-state index in [4.69, 9.17) is 5.84 Å². The number of hydrogen-bond acceptors (Lipinski definition) is 5. The molecule has 98 valence electrons. The van der Waals surface area contributed by atoms with Gasteiger partial charge in [0.1, 0.15) is 0 Å². The number of benzene rings is 1. The molecule has 0 aliphatic rings. The van der Waals surface area contributed by atoms with Gasteiger partial charge in [0.05, 0.1) is 12.1 Å². The van der Waals surface area contributed by atoms with E-state index in [9.17, 15) is 9.59 Å². The highest BCUT2D eigenvalue weighted by Gasteiger charge is 2.10. The summed E-state index contributed by atoms with van der Waals surface area (Å²) in [6.07, 6.45) is 0.0915. The van der Waals surface area contributed by atoms with E-state index in [1.54, 1.807) is 29.6 Å². The Morgan fingerprint density at radius 2 is 2.00 bits per heavy atom. The topological polar surface area (TPSA) is 97.1 Å². The second-order valence-corrected chi connectivity index (χ2v) is 4.57. The number of carbonyl (C=O) groups is 2. The molecule has 4 N–H and O–H groups in total. The molecule has 2 amide bonds. The highest BCUT2D eigenvalue weighted by molar-refractivity contribution is 7.14. The lowest BCUT2D eigenvalue weighted by Crippen LogP contribution is -2.31. The minimum atomic E-state index is -0.328. The number of hydrogen-bond donors (Lipinski definition) is 3. The molecule has 0 aliphatic heterocycles. The normalized spacial score (nSPS) is 9.95. The number of aromatic nitrogens is 1. The number of rotatable bonds is 4. The molecule has 0 atom stereocenters. The van der Waals surface area contributed by atoms with E-state index in [1.807, 2.05) is 11.5 Å². The third-order valence-electron chi connectivity index (χ3n) is 2.31. The van der Waals surface area contributed by atoms with Crippen LogP contribution in [0.2, 0.25) is 0 Å². The van der Waals surface area contributed by atoms with Crippen LogP contribution >= 0.6 is 11.3 Å². The average molecular weight is 276 g/mol. The van der Waals surface area contributed by atoms with Gasteiger partial charge >= 0.3 is 0 Å². The maximum Gasteiger partial charge on any atom is 0.257 e. The van der Waals surface area contributed by atoms with Gasteiger partial charge in [-0.3, -0.25) is 20.3 Å². The number of thiazole rings is 1. The summed E-state index contributed by atoms with van der Waals surface area (Å²) in [7, 11) is 0. The molecule has 0 saturated heterocycles. The molecule has 2 aromatic rings. The van der Waals surface area contributed by atoms with Crippen LogP contribution in [0, 0.1) is 0 Å². The minimum Gasteiger partial charge on any atom is -0.298 e. The molecule has 0 unspecified atom stereocenters. The van der Waals surface area contributed by atoms with Crippen LogP contribution in [0.4, 0.5) is 5.13 Å². The van der Waals surface area contributed by atoms with E-state index in [2.05, 4.69) is 10.3 Å². The quantitative estimate of drug-likeness (QED) is 0.439. The predicted octanol–water partition coefficient (Wildman–Crippen LogP) is 0.928. The van der Waals surface area contributed by atoms with Crippen LogP contribution in [-0.4, -0.2) is 16.8 Å². The lowest BCUT2D eigenvalue weighted by atomic mass is 10.2. The first-order valence-corrected chi connectivity index (χ1v) is 6.37. The summed E-state index contributed by atoms with van der Waals surface area (Å²) < 4.78 is 0. The van der Waals surface area contributed by atoms with Gasteiger partial charge in [-0.2, -0.15) is 0 Å². The summed E-state index contributed by atoms with van der Waals surface area (Å²) in [5.74, 6) is 4.43. The molecule has 2 rings (SSSR count). The number of nitrogens with one attached hydrogen (secondary N) is 2. The zero-order valence-electron chi connectivity index (χ0n) is 9.92. The van der Waals surface area contributed by atoms with Gasteiger partial charge in [-0.25, -0.2) is 10.8 Å². The molecule has 7 heteroatoms. The molecule has 0 fully saturated rings. The first kappa shape index (κ1) is 13.2. The molecular weight excluding hydrogens is 264 g/mol. The van der Waals surface area contributed by atoms with Crippen LogP contribution in [0.5, 0.6) is 0 Å². The zero-order valence-corrected chi connectivity index (χ0v) is 10.7. The van der Waals surface area contributed by atoms with Crippen molar-refractivity contribution in [3.8, 4) is 0 Å². The van der Waals surface area contributed by atoms with Gasteiger partial charge in [-0.1, -0.05) is 18.2 Å². The van der Waals surface area contributed by atoms with Crippen molar-refractivity contribution in [3.63, 3.8) is 0 Å². The Hall–Kier alpha value is -2.25. The van der Waals surface area contributed by atoms with Crippen LogP contribution in [0.15, 0.2) is 35.7 Å². The van der Waals surface area contributed by atoms with E-state index in [0.29, 0.717) is 16.4 Å². The molecule has 0 radical (unpaired) electrons. The van der Waals surface area contributed by atoms with Gasteiger partial charge in [0.25, 0.3) is 5.91 Å². The smallest absolute Gasteiger partial charge is 0.257 e. The molecule has 1 aromatic heterocycles. The summed E-state index contributed by atoms with van der Waals surface area (Å²) in [6.45, 7) is 0. The molecular formula is C12H12N4O2S. The van der Waals surface area contributed by atoms with E-state index in [0.717, 1.165) is 0 Å². The summed E-state index contributed by atoms with van der Waals surface area (Å²) in [5, 5.41) is 4.83. The summed E-state index contributed by atoms with van der Waals surface area (Å²) in [4.78, 5) is 27.1. The van der Waals surface area contributed by atoms with Crippen molar-refractivity contribution in [2.75, 3.05) is 5.32 Å². The molecule has 1 aromatic carbocycles. The van der Waals surface area contributed by atoms with Crippen molar-refractivity contribution in [1.29, 1.82) is 0 Å². The number of carbonyl (C=O) groups excluding carboxylic acids is 2. The highest BCUT2D eigenvalue weighted by atomic mass is 32.1. The van der Waals surface area contributed by atoms with Gasteiger partial charge in [0.15, 0.2) is 5.13 Å². The average Bonchev–Trinajstić information content (AvgIpc) is 2.86. The van der Waals surface area contributed by atoms with Crippen LogP contribution in [0.3, 0.4) is 0 Å². The van der Waals surface area contributed by atoms with Crippen LogP contribution in [0.1, 0.15) is 16.1 Å². The first-order chi connectivity index (χ1) is 9.19. The summed E-state index contributed by atoms with van der Waals surface area (Å²) in [5.41, 5.74) is 3.15. The SMILES string of the molecule is NNC(=O)Cc1csc(NC(=O)c2ccccc2)n1. The second kappa shape index (κ2) is 6.07. The Bertz CT molecular complexity index is 582. The largest absolute Gasteiger partial charge is 0.298 e. The monoisotopic (exact) mass is 276 g/mol. The van der Waals surface area contributed by atoms with E-state index in [1.165, 1.54) is 11.3 Å². The van der Waals surface area contributed by atoms with E-state index in [-0.39, 0.29) is 18.2 Å². The number of anilines is 1. The van der Waals surface area contributed by atoms with Crippen molar-refractivity contribution < 1.29 is 9.59 Å². The van der Waals surface area contributed by atoms with E-state index >= 15 is 0 Å². The number of hydrazine groups is 1. The Morgan fingerprint density at radius 3 is 2.68 bits per heavy atom. The zero-order chi connectivity index (χ0) is 13.7. The molecule has 19 heavy (non-hydrogen) atoms. The van der Waals surface area contributed by atoms with Crippen LogP contribution < -0.4 is 16.6 Å². The molecule has 0 bridgehead atoms. The van der Waals surface area contributed by atoms with Gasteiger partial charge < -0.3 is 0 Å². The number of nitrogens with two attached hydrogens (primary N) is 1. The fourth-order valence-electron chi connectivity index (χ4n) is 1.42. The summed E-state index contributed by atoms with van der Waals surface area (Å²) >= 11 is 1.26. The van der Waals surface area contributed by atoms with Crippen LogP contribution in [0.25, 0.3) is 0 Å². The minimum absolute atomic E-state index is 0.0915. The van der Waals surface area contributed by atoms with Crippen LogP contribution in [-0.2, 0) is 11.2 Å². The summed E-state index contributed by atoms with van der Waals surface area (Å²) in [6, 6.07) is 8.84. The second-order valence-electron chi connectivity index (χ2n) is 3.71. The number of amides is 2. The third-order valence-corrected chi connectivity index (χ3v) is 3.12. The Morgan fingerprint density at radius 1 is 1.26 bits per heavy atom. The standard InChI is InChI=1S/C12H12N4O2S/c13-16-10(17)6-9-7-19-12(14-9)15-11(18)8-4-2-1-3-5-8/h1-5,7H,6,13H2,(H,16,17)(H,14,15,18). The van der Waals surface area contributed by atoms with Crippen molar-refractivity contribution in [2.24, 2.45) is 5.84 Å². The third kappa shape index (κ3) is 3.60. The first-order valence-electron chi connectivity index (χ1n) is 5.49. The highest BCUT2D eigenvalue weighted by Crippen LogP contribution is 2.16. The molecule has 0 spiro atoms. The lowest BCUT2D eigenvalue weighted by molar-refractivity contribution is -0.120. The van der Waals surface area contributed by atoms with Gasteiger partial charge in [-0.15, -0.1) is 11.3 Å². The fraction of sp³-hybridized carbons (Fsp3) is 0.0833. The predicted molar refractivity (Wildman–Crippen MR) is 72.5 cm³/mol.